The normalized spacial score (nSPS) is 30.5. The van der Waals surface area contributed by atoms with Gasteiger partial charge in [0.1, 0.15) is 11.3 Å². The molecule has 1 fully saturated rings. The fourth-order valence-electron chi connectivity index (χ4n) is 1.83. The number of hydrogen-bond donors (Lipinski definition) is 1. The van der Waals surface area contributed by atoms with Gasteiger partial charge in [-0.2, -0.15) is 11.8 Å². The van der Waals surface area contributed by atoms with E-state index < -0.39 is 5.60 Å². The van der Waals surface area contributed by atoms with E-state index in [2.05, 4.69) is 16.9 Å². The second-order valence-electron chi connectivity index (χ2n) is 3.77. The largest absolute Gasteiger partial charge is 0.480 e. The average molecular weight is 226 g/mol. The van der Waals surface area contributed by atoms with Crippen LogP contribution in [0.5, 0.6) is 5.88 Å². The molecular formula is C10H14N2O2S. The summed E-state index contributed by atoms with van der Waals surface area (Å²) in [6.07, 6.45) is 3.85. The van der Waals surface area contributed by atoms with Crippen LogP contribution in [0.2, 0.25) is 0 Å². The number of methoxy groups -OCH3 is 1. The van der Waals surface area contributed by atoms with Crippen LogP contribution in [0.3, 0.4) is 0 Å². The molecule has 0 spiro atoms. The number of aliphatic hydroxyl groups is 1. The molecule has 1 saturated heterocycles. The Bertz CT molecular complexity index is 361. The van der Waals surface area contributed by atoms with E-state index in [1.54, 1.807) is 31.3 Å². The van der Waals surface area contributed by atoms with Crippen molar-refractivity contribution in [1.82, 2.24) is 9.97 Å². The molecule has 0 aromatic carbocycles. The van der Waals surface area contributed by atoms with Crippen molar-refractivity contribution in [2.75, 3.05) is 12.9 Å². The van der Waals surface area contributed by atoms with Gasteiger partial charge in [0.05, 0.1) is 7.11 Å². The van der Waals surface area contributed by atoms with E-state index in [1.807, 2.05) is 0 Å². The molecular weight excluding hydrogens is 212 g/mol. The minimum Gasteiger partial charge on any atom is -0.480 e. The van der Waals surface area contributed by atoms with Crippen molar-refractivity contribution < 1.29 is 9.84 Å². The topological polar surface area (TPSA) is 55.2 Å². The van der Waals surface area contributed by atoms with Gasteiger partial charge in [0, 0.05) is 23.4 Å². The molecule has 1 aliphatic heterocycles. The summed E-state index contributed by atoms with van der Waals surface area (Å²) in [5, 5.41) is 10.9. The third-order valence-electron chi connectivity index (χ3n) is 2.53. The molecule has 2 atom stereocenters. The molecule has 15 heavy (non-hydrogen) atoms. The maximum absolute atomic E-state index is 10.4. The number of rotatable bonds is 2. The quantitative estimate of drug-likeness (QED) is 0.821. The Morgan fingerprint density at radius 1 is 1.53 bits per heavy atom. The third kappa shape index (κ3) is 1.94. The maximum atomic E-state index is 10.4. The van der Waals surface area contributed by atoms with Gasteiger partial charge in [0.15, 0.2) is 0 Å². The second-order valence-corrected chi connectivity index (χ2v) is 5.20. The Morgan fingerprint density at radius 2 is 2.27 bits per heavy atom. The summed E-state index contributed by atoms with van der Waals surface area (Å²) in [7, 11) is 1.54. The highest BCUT2D eigenvalue weighted by atomic mass is 32.2. The fourth-order valence-corrected chi connectivity index (χ4v) is 3.04. The monoisotopic (exact) mass is 226 g/mol. The van der Waals surface area contributed by atoms with Crippen molar-refractivity contribution in [2.45, 2.75) is 24.2 Å². The molecule has 1 aromatic heterocycles. The van der Waals surface area contributed by atoms with Crippen LogP contribution in [0, 0.1) is 0 Å². The van der Waals surface area contributed by atoms with Crippen LogP contribution in [0.1, 0.15) is 19.0 Å². The van der Waals surface area contributed by atoms with Crippen molar-refractivity contribution in [3.63, 3.8) is 0 Å². The first-order chi connectivity index (χ1) is 7.15. The van der Waals surface area contributed by atoms with Crippen molar-refractivity contribution in [3.05, 3.63) is 18.1 Å². The number of hydrogen-bond acceptors (Lipinski definition) is 5. The molecule has 1 aliphatic rings. The number of aromatic nitrogens is 2. The van der Waals surface area contributed by atoms with Crippen LogP contribution in [0.15, 0.2) is 12.4 Å². The predicted octanol–water partition coefficient (Wildman–Crippen LogP) is 1.20. The summed E-state index contributed by atoms with van der Waals surface area (Å²) in [5.41, 5.74) is -0.326. The predicted molar refractivity (Wildman–Crippen MR) is 59.0 cm³/mol. The summed E-state index contributed by atoms with van der Waals surface area (Å²) < 4.78 is 5.12. The summed E-state index contributed by atoms with van der Waals surface area (Å²) in [4.78, 5) is 8.24. The Morgan fingerprint density at radius 3 is 2.87 bits per heavy atom. The van der Waals surface area contributed by atoms with Gasteiger partial charge in [-0.25, -0.2) is 4.98 Å². The molecule has 2 unspecified atom stereocenters. The Kier molecular flexibility index (Phi) is 2.84. The first kappa shape index (κ1) is 10.7. The van der Waals surface area contributed by atoms with Crippen LogP contribution in [-0.4, -0.2) is 33.2 Å². The lowest BCUT2D eigenvalue weighted by molar-refractivity contribution is 0.0530. The third-order valence-corrected chi connectivity index (χ3v) is 3.91. The summed E-state index contributed by atoms with van der Waals surface area (Å²) in [5.74, 6) is 1.08. The van der Waals surface area contributed by atoms with E-state index in [0.717, 1.165) is 0 Å². The fraction of sp³-hybridized carbons (Fsp3) is 0.600. The zero-order chi connectivity index (χ0) is 10.9. The van der Waals surface area contributed by atoms with Gasteiger partial charge in [-0.15, -0.1) is 0 Å². The van der Waals surface area contributed by atoms with E-state index in [9.17, 15) is 5.11 Å². The van der Waals surface area contributed by atoms with Crippen molar-refractivity contribution in [2.24, 2.45) is 0 Å². The van der Waals surface area contributed by atoms with Gasteiger partial charge < -0.3 is 9.84 Å². The molecule has 82 valence electrons. The van der Waals surface area contributed by atoms with E-state index in [0.29, 0.717) is 29.0 Å². The molecule has 1 N–H and O–H groups in total. The lowest BCUT2D eigenvalue weighted by atomic mass is 9.96. The average Bonchev–Trinajstić information content (AvgIpc) is 2.60. The van der Waals surface area contributed by atoms with Crippen molar-refractivity contribution in [1.29, 1.82) is 0 Å². The van der Waals surface area contributed by atoms with Crippen LogP contribution < -0.4 is 4.74 Å². The molecule has 0 amide bonds. The molecule has 0 saturated carbocycles. The zero-order valence-corrected chi connectivity index (χ0v) is 9.62. The Balaban J connectivity index is 2.36. The standard InChI is InChI=1S/C10H14N2O2S/c1-7-5-10(13,6-15-7)8-9(14-2)12-4-3-11-8/h3-4,7,13H,5-6H2,1-2H3. The van der Waals surface area contributed by atoms with Crippen LogP contribution in [0.25, 0.3) is 0 Å². The molecule has 0 radical (unpaired) electrons. The van der Waals surface area contributed by atoms with Crippen molar-refractivity contribution >= 4 is 11.8 Å². The van der Waals surface area contributed by atoms with Gasteiger partial charge in [-0.05, 0) is 6.42 Å². The highest BCUT2D eigenvalue weighted by molar-refractivity contribution is 8.00. The second kappa shape index (κ2) is 3.98. The first-order valence-corrected chi connectivity index (χ1v) is 5.90. The van der Waals surface area contributed by atoms with Crippen LogP contribution in [0.4, 0.5) is 0 Å². The number of nitrogens with zero attached hydrogens (tertiary/aromatic N) is 2. The molecule has 2 heterocycles. The van der Waals surface area contributed by atoms with E-state index in [1.165, 1.54) is 0 Å². The Labute approximate surface area is 93.1 Å². The molecule has 5 heteroatoms. The molecule has 0 bridgehead atoms. The molecule has 4 nitrogen and oxygen atoms in total. The molecule has 2 rings (SSSR count). The minimum absolute atomic E-state index is 0.426. The van der Waals surface area contributed by atoms with Gasteiger partial charge in [-0.3, -0.25) is 4.98 Å². The lowest BCUT2D eigenvalue weighted by Crippen LogP contribution is -2.28. The lowest BCUT2D eigenvalue weighted by Gasteiger charge is -2.21. The minimum atomic E-state index is -0.885. The summed E-state index contributed by atoms with van der Waals surface area (Å²) >= 11 is 1.74. The van der Waals surface area contributed by atoms with Gasteiger partial charge in [0.2, 0.25) is 5.88 Å². The highest BCUT2D eigenvalue weighted by Gasteiger charge is 2.41. The van der Waals surface area contributed by atoms with E-state index in [4.69, 9.17) is 4.74 Å². The number of thioether (sulfide) groups is 1. The maximum Gasteiger partial charge on any atom is 0.238 e. The van der Waals surface area contributed by atoms with E-state index >= 15 is 0 Å². The SMILES string of the molecule is COc1nccnc1C1(O)CSC(C)C1. The van der Waals surface area contributed by atoms with Crippen LogP contribution >= 0.6 is 11.8 Å². The first-order valence-electron chi connectivity index (χ1n) is 4.85. The van der Waals surface area contributed by atoms with Gasteiger partial charge in [0.25, 0.3) is 0 Å². The smallest absolute Gasteiger partial charge is 0.238 e. The van der Waals surface area contributed by atoms with E-state index in [-0.39, 0.29) is 0 Å². The molecule has 1 aromatic rings. The van der Waals surface area contributed by atoms with Gasteiger partial charge in [-0.1, -0.05) is 6.92 Å². The van der Waals surface area contributed by atoms with Gasteiger partial charge >= 0.3 is 0 Å². The molecule has 0 aliphatic carbocycles. The van der Waals surface area contributed by atoms with Crippen LogP contribution in [-0.2, 0) is 5.60 Å². The number of ether oxygens (including phenoxy) is 1. The highest BCUT2D eigenvalue weighted by Crippen LogP contribution is 2.42. The van der Waals surface area contributed by atoms with Crippen molar-refractivity contribution in [3.8, 4) is 5.88 Å². The Hall–Kier alpha value is -0.810. The zero-order valence-electron chi connectivity index (χ0n) is 8.80. The summed E-state index contributed by atoms with van der Waals surface area (Å²) in [6, 6.07) is 0. The summed E-state index contributed by atoms with van der Waals surface area (Å²) in [6.45, 7) is 2.10.